The highest BCUT2D eigenvalue weighted by atomic mass is 16.6. The Hall–Kier alpha value is -3.78. The fourth-order valence-corrected chi connectivity index (χ4v) is 4.07. The molecule has 0 aliphatic carbocycles. The summed E-state index contributed by atoms with van der Waals surface area (Å²) in [6.45, 7) is 9.30. The summed E-state index contributed by atoms with van der Waals surface area (Å²) in [7, 11) is 2.12. The lowest BCUT2D eigenvalue weighted by atomic mass is 9.98. The average molecular weight is 488 g/mol. The molecule has 1 aliphatic heterocycles. The monoisotopic (exact) mass is 487 g/mol. The van der Waals surface area contributed by atoms with E-state index < -0.39 is 11.7 Å². The molecule has 1 aliphatic rings. The number of nitrogens with zero attached hydrogens (tertiary/aromatic N) is 4. The number of hydrogen-bond acceptors (Lipinski definition) is 7. The van der Waals surface area contributed by atoms with Crippen molar-refractivity contribution in [2.24, 2.45) is 0 Å². The minimum atomic E-state index is -0.632. The Kier molecular flexibility index (Phi) is 7.64. The van der Waals surface area contributed by atoms with Crippen LogP contribution in [0.3, 0.4) is 0 Å². The maximum Gasteiger partial charge on any atom is 0.412 e. The minimum Gasteiger partial charge on any atom is -0.444 e. The van der Waals surface area contributed by atoms with Gasteiger partial charge in [-0.2, -0.15) is 0 Å². The number of Topliss-reactive ketones (excluding diaryl/α,β-unsaturated/α-hetero) is 1. The number of ether oxygens (including phenoxy) is 1. The third-order valence-corrected chi connectivity index (χ3v) is 6.01. The van der Waals surface area contributed by atoms with E-state index in [2.05, 4.69) is 32.1 Å². The molecule has 0 saturated carbocycles. The number of aromatic nitrogens is 2. The summed E-state index contributed by atoms with van der Waals surface area (Å²) < 4.78 is 5.42. The fraction of sp³-hybridized carbons (Fsp3) is 0.357. The first-order valence-electron chi connectivity index (χ1n) is 12.1. The molecule has 36 heavy (non-hydrogen) atoms. The molecule has 0 atom stereocenters. The number of nitrogens with one attached hydrogen (secondary N) is 1. The highest BCUT2D eigenvalue weighted by Gasteiger charge is 2.20. The smallest absolute Gasteiger partial charge is 0.412 e. The van der Waals surface area contributed by atoms with E-state index in [0.29, 0.717) is 16.9 Å². The Morgan fingerprint density at radius 1 is 0.972 bits per heavy atom. The second kappa shape index (κ2) is 10.9. The van der Waals surface area contributed by atoms with Crippen LogP contribution < -0.4 is 10.2 Å². The number of rotatable bonds is 6. The Bertz CT molecular complexity index is 1200. The van der Waals surface area contributed by atoms with Crippen molar-refractivity contribution >= 4 is 23.3 Å². The third kappa shape index (κ3) is 6.66. The van der Waals surface area contributed by atoms with Crippen molar-refractivity contribution < 1.29 is 14.3 Å². The van der Waals surface area contributed by atoms with E-state index >= 15 is 0 Å². The molecule has 1 saturated heterocycles. The number of hydrogen-bond donors (Lipinski definition) is 1. The van der Waals surface area contributed by atoms with Crippen LogP contribution in [0.4, 0.5) is 16.2 Å². The van der Waals surface area contributed by atoms with Crippen molar-refractivity contribution in [2.45, 2.75) is 32.8 Å². The first kappa shape index (κ1) is 25.3. The number of ketones is 1. The number of piperazine rings is 1. The molecule has 1 amide bonds. The number of amides is 1. The summed E-state index contributed by atoms with van der Waals surface area (Å²) in [5.41, 5.74) is 3.89. The highest BCUT2D eigenvalue weighted by molar-refractivity contribution is 5.98. The van der Waals surface area contributed by atoms with Gasteiger partial charge in [-0.15, -0.1) is 0 Å². The summed E-state index contributed by atoms with van der Waals surface area (Å²) >= 11 is 0. The number of carbonyl (C=O) groups is 2. The van der Waals surface area contributed by atoms with Gasteiger partial charge in [0, 0.05) is 50.7 Å². The van der Waals surface area contributed by atoms with E-state index in [1.54, 1.807) is 51.5 Å². The molecule has 8 heteroatoms. The van der Waals surface area contributed by atoms with Crippen LogP contribution in [-0.2, 0) is 11.2 Å². The van der Waals surface area contributed by atoms with Crippen LogP contribution in [0, 0.1) is 0 Å². The number of likely N-dealkylation sites (N-methyl/N-ethyl adjacent to an activating group) is 1. The van der Waals surface area contributed by atoms with Crippen molar-refractivity contribution in [1.29, 1.82) is 0 Å². The molecule has 8 nitrogen and oxygen atoms in total. The summed E-state index contributed by atoms with van der Waals surface area (Å²) in [6, 6.07) is 13.2. The second-order valence-electron chi connectivity index (χ2n) is 10.0. The maximum atomic E-state index is 13.2. The van der Waals surface area contributed by atoms with Gasteiger partial charge in [0.25, 0.3) is 0 Å². The van der Waals surface area contributed by atoms with Gasteiger partial charge < -0.3 is 14.5 Å². The molecule has 0 bridgehead atoms. The lowest BCUT2D eigenvalue weighted by molar-refractivity contribution is 0.0635. The van der Waals surface area contributed by atoms with Crippen LogP contribution in [-0.4, -0.2) is 65.6 Å². The maximum absolute atomic E-state index is 13.2. The predicted molar refractivity (Wildman–Crippen MR) is 142 cm³/mol. The summed E-state index contributed by atoms with van der Waals surface area (Å²) in [5.74, 6) is -0.126. The molecule has 1 aromatic carbocycles. The topological polar surface area (TPSA) is 87.7 Å². The average Bonchev–Trinajstić information content (AvgIpc) is 2.85. The lowest BCUT2D eigenvalue weighted by Gasteiger charge is -2.33. The molecule has 3 heterocycles. The second-order valence-corrected chi connectivity index (χ2v) is 10.0. The highest BCUT2D eigenvalue weighted by Crippen LogP contribution is 2.27. The van der Waals surface area contributed by atoms with Gasteiger partial charge in [-0.3, -0.25) is 20.1 Å². The Morgan fingerprint density at radius 3 is 2.33 bits per heavy atom. The predicted octanol–water partition coefficient (Wildman–Crippen LogP) is 4.67. The van der Waals surface area contributed by atoms with Crippen molar-refractivity contribution in [3.8, 4) is 11.1 Å². The molecule has 2 aromatic heterocycles. The quantitative estimate of drug-likeness (QED) is 0.506. The van der Waals surface area contributed by atoms with E-state index in [1.807, 2.05) is 30.3 Å². The normalized spacial score (nSPS) is 14.4. The van der Waals surface area contributed by atoms with Gasteiger partial charge in [0.2, 0.25) is 0 Å². The Balaban J connectivity index is 1.55. The van der Waals surface area contributed by atoms with Crippen LogP contribution in [0.2, 0.25) is 0 Å². The van der Waals surface area contributed by atoms with Gasteiger partial charge >= 0.3 is 6.09 Å². The van der Waals surface area contributed by atoms with Crippen molar-refractivity contribution in [1.82, 2.24) is 14.9 Å². The molecule has 0 unspecified atom stereocenters. The van der Waals surface area contributed by atoms with Crippen LogP contribution >= 0.6 is 0 Å². The van der Waals surface area contributed by atoms with Crippen LogP contribution in [0.15, 0.2) is 61.1 Å². The Labute approximate surface area is 212 Å². The molecular weight excluding hydrogens is 454 g/mol. The first-order valence-corrected chi connectivity index (χ1v) is 12.1. The van der Waals surface area contributed by atoms with E-state index in [9.17, 15) is 9.59 Å². The number of carbonyl (C=O) groups excluding carboxylic acids is 2. The van der Waals surface area contributed by atoms with Crippen molar-refractivity contribution in [3.63, 3.8) is 0 Å². The summed E-state index contributed by atoms with van der Waals surface area (Å²) in [4.78, 5) is 38.8. The van der Waals surface area contributed by atoms with Crippen LogP contribution in [0.25, 0.3) is 11.1 Å². The number of benzene rings is 1. The van der Waals surface area contributed by atoms with E-state index in [0.717, 1.165) is 43.0 Å². The Morgan fingerprint density at radius 2 is 1.69 bits per heavy atom. The van der Waals surface area contributed by atoms with Gasteiger partial charge in [-0.1, -0.05) is 6.07 Å². The molecule has 1 fully saturated rings. The van der Waals surface area contributed by atoms with Gasteiger partial charge in [-0.05, 0) is 80.9 Å². The molecule has 0 spiro atoms. The molecule has 3 aromatic rings. The standard InChI is InChI=1S/C28H33N5O3/c1-28(2,3)36-27(35)31-24-7-5-21(20-9-11-29-12-10-20)17-22(24)18-26(34)25-8-6-23(19-30-25)33-15-13-32(4)14-16-33/h5-12,17,19H,13-16,18H2,1-4H3,(H,31,35). The third-order valence-electron chi connectivity index (χ3n) is 6.01. The van der Waals surface area contributed by atoms with Gasteiger partial charge in [-0.25, -0.2) is 4.79 Å². The molecule has 4 rings (SSSR count). The van der Waals surface area contributed by atoms with E-state index in [4.69, 9.17) is 4.74 Å². The molecular formula is C28H33N5O3. The molecule has 188 valence electrons. The molecule has 0 radical (unpaired) electrons. The van der Waals surface area contributed by atoms with Crippen LogP contribution in [0.5, 0.6) is 0 Å². The van der Waals surface area contributed by atoms with E-state index in [-0.39, 0.29) is 12.2 Å². The summed E-state index contributed by atoms with van der Waals surface area (Å²) in [5, 5.41) is 2.80. The zero-order chi connectivity index (χ0) is 25.7. The lowest BCUT2D eigenvalue weighted by Crippen LogP contribution is -2.44. The molecule has 1 N–H and O–H groups in total. The van der Waals surface area contributed by atoms with Gasteiger partial charge in [0.15, 0.2) is 5.78 Å². The van der Waals surface area contributed by atoms with Gasteiger partial charge in [0.1, 0.15) is 11.3 Å². The van der Waals surface area contributed by atoms with E-state index in [1.165, 1.54) is 0 Å². The van der Waals surface area contributed by atoms with Crippen LogP contribution in [0.1, 0.15) is 36.8 Å². The zero-order valence-corrected chi connectivity index (χ0v) is 21.3. The first-order chi connectivity index (χ1) is 17.2. The number of anilines is 2. The minimum absolute atomic E-state index is 0.0882. The number of pyridine rings is 2. The fourth-order valence-electron chi connectivity index (χ4n) is 4.07. The van der Waals surface area contributed by atoms with Gasteiger partial charge in [0.05, 0.1) is 11.9 Å². The largest absolute Gasteiger partial charge is 0.444 e. The zero-order valence-electron chi connectivity index (χ0n) is 21.3. The van der Waals surface area contributed by atoms with Crippen molar-refractivity contribution in [3.05, 3.63) is 72.3 Å². The van der Waals surface area contributed by atoms with Crippen molar-refractivity contribution in [2.75, 3.05) is 43.4 Å². The summed E-state index contributed by atoms with van der Waals surface area (Å²) in [6.07, 6.45) is 4.73. The SMILES string of the molecule is CN1CCN(c2ccc(C(=O)Cc3cc(-c4ccncc4)ccc3NC(=O)OC(C)(C)C)nc2)CC1.